The average Bonchev–Trinajstić information content (AvgIpc) is 1.95. The summed E-state index contributed by atoms with van der Waals surface area (Å²) >= 11 is 20.0. The Morgan fingerprint density at radius 2 is 1.27 bits per heavy atom. The lowest BCUT2D eigenvalue weighted by Gasteiger charge is -1.96. The molecular formula is C3H6Br2Cl3NO2. The van der Waals surface area contributed by atoms with Crippen molar-refractivity contribution in [2.24, 2.45) is 0 Å². The van der Waals surface area contributed by atoms with Gasteiger partial charge >= 0.3 is 3.92 Å². The molecular weight excluding hydrogens is 348 g/mol. The van der Waals surface area contributed by atoms with Crippen molar-refractivity contribution in [3.63, 3.8) is 0 Å². The zero-order chi connectivity index (χ0) is 10.1. The number of nitro groups is 1. The van der Waals surface area contributed by atoms with Crippen LogP contribution in [0.25, 0.3) is 0 Å². The summed E-state index contributed by atoms with van der Waals surface area (Å²) in [4.78, 5) is 8.41. The second-order valence-electron chi connectivity index (χ2n) is 0.725. The van der Waals surface area contributed by atoms with E-state index < -0.39 is 8.84 Å². The van der Waals surface area contributed by atoms with Gasteiger partial charge in [0.2, 0.25) is 0 Å². The highest BCUT2D eigenvalue weighted by molar-refractivity contribution is 9.09. The normalized spacial score (nSPS) is 8.27. The van der Waals surface area contributed by atoms with Crippen molar-refractivity contribution >= 4 is 66.7 Å². The molecule has 3 nitrogen and oxygen atoms in total. The quantitative estimate of drug-likeness (QED) is 0.289. The molecule has 0 aliphatic heterocycles. The van der Waals surface area contributed by atoms with Gasteiger partial charge in [0.25, 0.3) is 0 Å². The number of nitrogens with zero attached hydrogens (tertiary/aromatic N) is 1. The van der Waals surface area contributed by atoms with E-state index in [1.54, 1.807) is 0 Å². The second kappa shape index (κ2) is 11.2. The molecule has 0 aliphatic rings. The molecule has 0 heterocycles. The zero-order valence-electron chi connectivity index (χ0n) is 5.65. The molecule has 0 atom stereocenters. The Labute approximate surface area is 96.8 Å². The Bertz CT molecular complexity index is 97.1. The number of alkyl halides is 5. The first kappa shape index (κ1) is 18.1. The van der Waals surface area contributed by atoms with E-state index in [-0.39, 0.29) is 0 Å². The van der Waals surface area contributed by atoms with Crippen LogP contribution in [0.4, 0.5) is 0 Å². The van der Waals surface area contributed by atoms with Gasteiger partial charge < -0.3 is 0 Å². The molecule has 0 amide bonds. The lowest BCUT2D eigenvalue weighted by atomic mass is 11.4. The molecule has 11 heavy (non-hydrogen) atoms. The fraction of sp³-hybridized carbons (Fsp3) is 1.00. The Kier molecular flexibility index (Phi) is 18.5. The first-order valence-electron chi connectivity index (χ1n) is 1.91. The molecule has 0 saturated heterocycles. The summed E-state index contributed by atoms with van der Waals surface area (Å²) in [5.74, 6) is 3.62. The van der Waals surface area contributed by atoms with E-state index in [2.05, 4.69) is 31.9 Å². The van der Waals surface area contributed by atoms with Crippen molar-refractivity contribution in [3.8, 4) is 0 Å². The highest BCUT2D eigenvalue weighted by Crippen LogP contribution is 2.25. The van der Waals surface area contributed by atoms with E-state index in [0.29, 0.717) is 0 Å². The van der Waals surface area contributed by atoms with Gasteiger partial charge in [-0.15, -0.1) is 0 Å². The Morgan fingerprint density at radius 1 is 1.18 bits per heavy atom. The molecule has 70 valence electrons. The Balaban J connectivity index is -0.000000138. The van der Waals surface area contributed by atoms with Crippen LogP contribution in [0.2, 0.25) is 0 Å². The van der Waals surface area contributed by atoms with Crippen LogP contribution in [-0.2, 0) is 0 Å². The fourth-order valence-corrected chi connectivity index (χ4v) is 0. The van der Waals surface area contributed by atoms with Crippen molar-refractivity contribution in [1.82, 2.24) is 0 Å². The van der Waals surface area contributed by atoms with Gasteiger partial charge in [-0.25, -0.2) is 0 Å². The van der Waals surface area contributed by atoms with Gasteiger partial charge in [-0.05, 0) is 46.5 Å². The van der Waals surface area contributed by atoms with Gasteiger partial charge in [-0.1, -0.05) is 31.9 Å². The minimum absolute atomic E-state index is 1.02. The first-order chi connectivity index (χ1) is 4.94. The van der Waals surface area contributed by atoms with Gasteiger partial charge in [-0.2, -0.15) is 0 Å². The summed E-state index contributed by atoms with van der Waals surface area (Å²) in [5.41, 5.74) is 0. The van der Waals surface area contributed by atoms with Crippen LogP contribution in [0.15, 0.2) is 0 Å². The van der Waals surface area contributed by atoms with E-state index >= 15 is 0 Å². The highest BCUT2D eigenvalue weighted by Gasteiger charge is 2.33. The highest BCUT2D eigenvalue weighted by atomic mass is 79.9. The van der Waals surface area contributed by atoms with E-state index in [0.717, 1.165) is 0 Å². The molecule has 0 radical (unpaired) electrons. The van der Waals surface area contributed by atoms with E-state index in [9.17, 15) is 10.1 Å². The largest absolute Gasteiger partial charge is 0.449 e. The van der Waals surface area contributed by atoms with Gasteiger partial charge in [0.1, 0.15) is 0 Å². The molecule has 0 rings (SSSR count). The SMILES string of the molecule is CBr.CBr.O=[N+]([O-])C(Cl)(Cl)Cl. The van der Waals surface area contributed by atoms with Crippen LogP contribution in [0.1, 0.15) is 0 Å². The van der Waals surface area contributed by atoms with Gasteiger partial charge in [-0.3, -0.25) is 10.1 Å². The summed E-state index contributed by atoms with van der Waals surface area (Å²) < 4.78 is -2.36. The number of hydrogen-bond acceptors (Lipinski definition) is 2. The Hall–Kier alpha value is 1.23. The molecule has 8 heteroatoms. The number of hydrogen-bond donors (Lipinski definition) is 0. The van der Waals surface area contributed by atoms with Crippen molar-refractivity contribution in [1.29, 1.82) is 0 Å². The third kappa shape index (κ3) is 18.3. The molecule has 0 saturated carbocycles. The van der Waals surface area contributed by atoms with E-state index in [4.69, 9.17) is 34.8 Å². The summed E-state index contributed by atoms with van der Waals surface area (Å²) in [6.07, 6.45) is 0. The molecule has 0 fully saturated rings. The van der Waals surface area contributed by atoms with Crippen LogP contribution >= 0.6 is 66.7 Å². The predicted molar refractivity (Wildman–Crippen MR) is 57.0 cm³/mol. The molecule has 0 N–H and O–H groups in total. The molecule has 0 aromatic rings. The summed E-state index contributed by atoms with van der Waals surface area (Å²) in [6.45, 7) is 0. The lowest BCUT2D eigenvalue weighted by molar-refractivity contribution is -0.491. The van der Waals surface area contributed by atoms with Gasteiger partial charge in [0.15, 0.2) is 0 Å². The molecule has 0 aromatic carbocycles. The third-order valence-corrected chi connectivity index (χ3v) is 0.621. The number of rotatable bonds is 0. The molecule has 0 unspecified atom stereocenters. The van der Waals surface area contributed by atoms with Crippen LogP contribution < -0.4 is 0 Å². The Morgan fingerprint density at radius 3 is 1.27 bits per heavy atom. The van der Waals surface area contributed by atoms with Crippen LogP contribution in [0, 0.1) is 10.1 Å². The smallest absolute Gasteiger partial charge is 0.260 e. The molecule has 0 aromatic heterocycles. The second-order valence-corrected chi connectivity index (χ2v) is 2.95. The summed E-state index contributed by atoms with van der Waals surface area (Å²) in [7, 11) is 0. The molecule has 0 aliphatic carbocycles. The monoisotopic (exact) mass is 351 g/mol. The van der Waals surface area contributed by atoms with Crippen LogP contribution in [0.5, 0.6) is 0 Å². The molecule has 0 spiro atoms. The molecule has 0 bridgehead atoms. The van der Waals surface area contributed by atoms with Gasteiger partial charge in [0.05, 0.1) is 4.92 Å². The van der Waals surface area contributed by atoms with Gasteiger partial charge in [0, 0.05) is 0 Å². The van der Waals surface area contributed by atoms with Crippen molar-refractivity contribution < 1.29 is 4.92 Å². The fourth-order valence-electron chi connectivity index (χ4n) is 0. The third-order valence-electron chi connectivity index (χ3n) is 0.207. The number of halogens is 5. The summed E-state index contributed by atoms with van der Waals surface area (Å²) in [5, 5.41) is 9.43. The van der Waals surface area contributed by atoms with Crippen molar-refractivity contribution in [2.75, 3.05) is 11.7 Å². The maximum absolute atomic E-state index is 9.43. The zero-order valence-corrected chi connectivity index (χ0v) is 11.1. The standard InChI is InChI=1S/2CH3Br.CCl3NO2/c2*1-2;2-1(3,4)5(6)7/h2*1H3;. The maximum atomic E-state index is 9.43. The van der Waals surface area contributed by atoms with E-state index in [1.165, 1.54) is 0 Å². The van der Waals surface area contributed by atoms with E-state index in [1.807, 2.05) is 11.7 Å². The minimum atomic E-state index is -2.36. The first-order valence-corrected chi connectivity index (χ1v) is 6.22. The van der Waals surface area contributed by atoms with Crippen LogP contribution in [0.3, 0.4) is 0 Å². The van der Waals surface area contributed by atoms with Crippen LogP contribution in [-0.4, -0.2) is 20.5 Å². The van der Waals surface area contributed by atoms with Crippen molar-refractivity contribution in [2.45, 2.75) is 3.92 Å². The minimum Gasteiger partial charge on any atom is -0.260 e. The maximum Gasteiger partial charge on any atom is 0.449 e. The average molecular weight is 354 g/mol. The predicted octanol–water partition coefficient (Wildman–Crippen LogP) is 3.61. The topological polar surface area (TPSA) is 43.1 Å². The summed E-state index contributed by atoms with van der Waals surface area (Å²) in [6, 6.07) is 0. The van der Waals surface area contributed by atoms with Crippen molar-refractivity contribution in [3.05, 3.63) is 10.1 Å². The lowest BCUT2D eigenvalue weighted by Crippen LogP contribution is -2.15.